The van der Waals surface area contributed by atoms with E-state index in [1.165, 1.54) is 7.11 Å². The van der Waals surface area contributed by atoms with Crippen LogP contribution in [0, 0.1) is 12.8 Å². The molecule has 2 rings (SSSR count). The van der Waals surface area contributed by atoms with E-state index < -0.39 is 0 Å². The highest BCUT2D eigenvalue weighted by Gasteiger charge is 2.27. The van der Waals surface area contributed by atoms with Gasteiger partial charge in [-0.1, -0.05) is 12.5 Å². The fourth-order valence-electron chi connectivity index (χ4n) is 2.46. The molecule has 0 amide bonds. The van der Waals surface area contributed by atoms with Gasteiger partial charge in [-0.2, -0.15) is 0 Å². The number of anilines is 1. The number of rotatable bonds is 3. The number of carbonyl (C=O) groups is 1. The Balaban J connectivity index is 1.93. The Bertz CT molecular complexity index is 403. The molecule has 4 heteroatoms. The van der Waals surface area contributed by atoms with E-state index in [4.69, 9.17) is 4.74 Å². The lowest BCUT2D eigenvalue weighted by Crippen LogP contribution is -2.31. The van der Waals surface area contributed by atoms with Gasteiger partial charge in [-0.3, -0.25) is 4.79 Å². The predicted molar refractivity (Wildman–Crippen MR) is 70.4 cm³/mol. The van der Waals surface area contributed by atoms with Crippen LogP contribution < -0.4 is 5.32 Å². The standard InChI is InChI=1S/C14H20N2O2/c1-10-6-7-13(15-9-10)16-12-5-3-4-11(8-12)14(17)18-2/h6-7,9,11-12H,3-5,8H2,1-2H3,(H,15,16)/t11-,12+/m0/s1. The SMILES string of the molecule is COC(=O)[C@H]1CCC[C@@H](Nc2ccc(C)cn2)C1. The first kappa shape index (κ1) is 12.9. The van der Waals surface area contributed by atoms with Crippen LogP contribution >= 0.6 is 0 Å². The Morgan fingerprint density at radius 1 is 1.44 bits per heavy atom. The highest BCUT2D eigenvalue weighted by Crippen LogP contribution is 2.27. The van der Waals surface area contributed by atoms with E-state index in [-0.39, 0.29) is 11.9 Å². The lowest BCUT2D eigenvalue weighted by molar-refractivity contribution is -0.146. The first-order chi connectivity index (χ1) is 8.69. The summed E-state index contributed by atoms with van der Waals surface area (Å²) in [7, 11) is 1.46. The van der Waals surface area contributed by atoms with Crippen molar-refractivity contribution >= 4 is 11.8 Å². The number of carbonyl (C=O) groups excluding carboxylic acids is 1. The Morgan fingerprint density at radius 3 is 2.94 bits per heavy atom. The monoisotopic (exact) mass is 248 g/mol. The molecule has 1 N–H and O–H groups in total. The summed E-state index contributed by atoms with van der Waals surface area (Å²) >= 11 is 0. The molecule has 1 aliphatic carbocycles. The lowest BCUT2D eigenvalue weighted by Gasteiger charge is -2.28. The minimum atomic E-state index is -0.0848. The van der Waals surface area contributed by atoms with Gasteiger partial charge in [0.25, 0.3) is 0 Å². The van der Waals surface area contributed by atoms with Gasteiger partial charge in [-0.05, 0) is 37.8 Å². The van der Waals surface area contributed by atoms with E-state index in [1.54, 1.807) is 0 Å². The maximum Gasteiger partial charge on any atom is 0.308 e. The van der Waals surface area contributed by atoms with E-state index in [9.17, 15) is 4.79 Å². The number of nitrogens with one attached hydrogen (secondary N) is 1. The van der Waals surface area contributed by atoms with Crippen LogP contribution in [0.5, 0.6) is 0 Å². The molecule has 18 heavy (non-hydrogen) atoms. The van der Waals surface area contributed by atoms with Crippen molar-refractivity contribution in [3.8, 4) is 0 Å². The Labute approximate surface area is 108 Å². The molecule has 98 valence electrons. The number of methoxy groups -OCH3 is 1. The zero-order chi connectivity index (χ0) is 13.0. The number of hydrogen-bond donors (Lipinski definition) is 1. The van der Waals surface area contributed by atoms with E-state index in [0.717, 1.165) is 37.1 Å². The highest BCUT2D eigenvalue weighted by molar-refractivity contribution is 5.72. The number of nitrogens with zero attached hydrogens (tertiary/aromatic N) is 1. The van der Waals surface area contributed by atoms with Gasteiger partial charge in [-0.25, -0.2) is 4.98 Å². The first-order valence-electron chi connectivity index (χ1n) is 6.46. The molecule has 1 aromatic heterocycles. The van der Waals surface area contributed by atoms with Gasteiger partial charge in [0, 0.05) is 12.2 Å². The van der Waals surface area contributed by atoms with Gasteiger partial charge in [0.1, 0.15) is 5.82 Å². The van der Waals surface area contributed by atoms with Crippen LogP contribution in [0.15, 0.2) is 18.3 Å². The Hall–Kier alpha value is -1.58. The summed E-state index contributed by atoms with van der Waals surface area (Å²) < 4.78 is 4.82. The van der Waals surface area contributed by atoms with Gasteiger partial charge >= 0.3 is 5.97 Å². The van der Waals surface area contributed by atoms with E-state index in [1.807, 2.05) is 25.3 Å². The number of aryl methyl sites for hydroxylation is 1. The van der Waals surface area contributed by atoms with Crippen molar-refractivity contribution in [1.29, 1.82) is 0 Å². The average Bonchev–Trinajstić information content (AvgIpc) is 2.41. The minimum Gasteiger partial charge on any atom is -0.469 e. The quantitative estimate of drug-likeness (QED) is 0.835. The molecule has 1 saturated carbocycles. The maximum absolute atomic E-state index is 11.5. The van der Waals surface area contributed by atoms with Crippen LogP contribution in [-0.4, -0.2) is 24.1 Å². The van der Waals surface area contributed by atoms with Crippen molar-refractivity contribution < 1.29 is 9.53 Å². The molecule has 0 spiro atoms. The molecular weight excluding hydrogens is 228 g/mol. The van der Waals surface area contributed by atoms with Gasteiger partial charge in [0.2, 0.25) is 0 Å². The molecule has 1 aromatic rings. The minimum absolute atomic E-state index is 0.0340. The average molecular weight is 248 g/mol. The van der Waals surface area contributed by atoms with Crippen LogP contribution in [0.4, 0.5) is 5.82 Å². The summed E-state index contributed by atoms with van der Waals surface area (Å²) in [5.41, 5.74) is 1.15. The molecule has 0 saturated heterocycles. The van der Waals surface area contributed by atoms with Crippen LogP contribution in [0.25, 0.3) is 0 Å². The second-order valence-corrected chi connectivity index (χ2v) is 4.95. The van der Waals surface area contributed by atoms with E-state index in [2.05, 4.69) is 10.3 Å². The molecule has 1 aliphatic rings. The Morgan fingerprint density at radius 2 is 2.28 bits per heavy atom. The fourth-order valence-corrected chi connectivity index (χ4v) is 2.46. The third kappa shape index (κ3) is 3.22. The molecule has 1 heterocycles. The van der Waals surface area contributed by atoms with Gasteiger partial charge in [0.15, 0.2) is 0 Å². The summed E-state index contributed by atoms with van der Waals surface area (Å²) in [6, 6.07) is 4.34. The second-order valence-electron chi connectivity index (χ2n) is 4.95. The molecule has 4 nitrogen and oxygen atoms in total. The molecular formula is C14H20N2O2. The smallest absolute Gasteiger partial charge is 0.308 e. The maximum atomic E-state index is 11.5. The van der Waals surface area contributed by atoms with Crippen LogP contribution in [-0.2, 0) is 9.53 Å². The van der Waals surface area contributed by atoms with Gasteiger partial charge < -0.3 is 10.1 Å². The third-order valence-electron chi connectivity index (χ3n) is 3.47. The molecule has 0 bridgehead atoms. The summed E-state index contributed by atoms with van der Waals surface area (Å²) in [6.07, 6.45) is 5.77. The molecule has 0 radical (unpaired) electrons. The summed E-state index contributed by atoms with van der Waals surface area (Å²) in [6.45, 7) is 2.02. The zero-order valence-electron chi connectivity index (χ0n) is 11.0. The highest BCUT2D eigenvalue weighted by atomic mass is 16.5. The molecule has 0 aromatic carbocycles. The van der Waals surface area contributed by atoms with Crippen LogP contribution in [0.1, 0.15) is 31.2 Å². The van der Waals surface area contributed by atoms with Crippen molar-refractivity contribution in [1.82, 2.24) is 4.98 Å². The molecule has 0 aliphatic heterocycles. The van der Waals surface area contributed by atoms with Gasteiger partial charge in [0.05, 0.1) is 13.0 Å². The topological polar surface area (TPSA) is 51.2 Å². The Kier molecular flexibility index (Phi) is 4.18. The molecule has 2 atom stereocenters. The lowest BCUT2D eigenvalue weighted by atomic mass is 9.86. The van der Waals surface area contributed by atoms with Crippen molar-refractivity contribution in [2.24, 2.45) is 5.92 Å². The number of esters is 1. The summed E-state index contributed by atoms with van der Waals surface area (Å²) in [5, 5.41) is 3.40. The summed E-state index contributed by atoms with van der Waals surface area (Å²) in [5.74, 6) is 0.834. The number of ether oxygens (including phenoxy) is 1. The second kappa shape index (κ2) is 5.85. The predicted octanol–water partition coefficient (Wildman–Crippen LogP) is 2.53. The van der Waals surface area contributed by atoms with Crippen molar-refractivity contribution in [3.63, 3.8) is 0 Å². The van der Waals surface area contributed by atoms with Crippen LogP contribution in [0.2, 0.25) is 0 Å². The number of hydrogen-bond acceptors (Lipinski definition) is 4. The normalized spacial score (nSPS) is 23.4. The van der Waals surface area contributed by atoms with E-state index in [0.29, 0.717) is 6.04 Å². The summed E-state index contributed by atoms with van der Waals surface area (Å²) in [4.78, 5) is 15.9. The first-order valence-corrected chi connectivity index (χ1v) is 6.46. The largest absolute Gasteiger partial charge is 0.469 e. The molecule has 1 fully saturated rings. The third-order valence-corrected chi connectivity index (χ3v) is 3.47. The van der Waals surface area contributed by atoms with Gasteiger partial charge in [-0.15, -0.1) is 0 Å². The van der Waals surface area contributed by atoms with Crippen molar-refractivity contribution in [3.05, 3.63) is 23.9 Å². The number of pyridine rings is 1. The van der Waals surface area contributed by atoms with Crippen molar-refractivity contribution in [2.45, 2.75) is 38.6 Å². The van der Waals surface area contributed by atoms with Crippen molar-refractivity contribution in [2.75, 3.05) is 12.4 Å². The molecule has 0 unspecified atom stereocenters. The zero-order valence-corrected chi connectivity index (χ0v) is 11.0. The fraction of sp³-hybridized carbons (Fsp3) is 0.571. The van der Waals surface area contributed by atoms with E-state index >= 15 is 0 Å². The number of aromatic nitrogens is 1. The van der Waals surface area contributed by atoms with Crippen LogP contribution in [0.3, 0.4) is 0 Å².